The molecule has 0 bridgehead atoms. The summed E-state index contributed by atoms with van der Waals surface area (Å²) in [5, 5.41) is 12.1. The van der Waals surface area contributed by atoms with Gasteiger partial charge in [-0.3, -0.25) is 9.59 Å². The van der Waals surface area contributed by atoms with Gasteiger partial charge in [0.1, 0.15) is 11.0 Å². The first-order valence-corrected chi connectivity index (χ1v) is 7.24. The van der Waals surface area contributed by atoms with Crippen molar-refractivity contribution in [1.29, 1.82) is 0 Å². The fourth-order valence-corrected chi connectivity index (χ4v) is 2.95. The Kier molecular flexibility index (Phi) is 4.86. The van der Waals surface area contributed by atoms with E-state index in [1.807, 2.05) is 13.8 Å². The van der Waals surface area contributed by atoms with Crippen LogP contribution in [0.15, 0.2) is 5.16 Å². The Labute approximate surface area is 125 Å². The van der Waals surface area contributed by atoms with Crippen molar-refractivity contribution >= 4 is 17.6 Å². The molecule has 0 unspecified atom stereocenters. The summed E-state index contributed by atoms with van der Waals surface area (Å²) in [5.74, 6) is -0.461. The van der Waals surface area contributed by atoms with Crippen LogP contribution in [0.2, 0.25) is 0 Å². The maximum absolute atomic E-state index is 13.0. The minimum Gasteiger partial charge on any atom is -0.409 e. The molecule has 0 aliphatic carbocycles. The minimum atomic E-state index is -1.07. The van der Waals surface area contributed by atoms with E-state index in [1.165, 1.54) is 0 Å². The Bertz CT molecular complexity index is 455. The van der Waals surface area contributed by atoms with Gasteiger partial charge in [-0.25, -0.2) is 0 Å². The van der Waals surface area contributed by atoms with Crippen molar-refractivity contribution in [3.8, 4) is 0 Å². The monoisotopic (exact) mass is 298 g/mol. The number of amidine groups is 1. The molecule has 1 rings (SSSR count). The lowest BCUT2D eigenvalue weighted by Gasteiger charge is -2.48. The van der Waals surface area contributed by atoms with E-state index in [4.69, 9.17) is 10.9 Å². The van der Waals surface area contributed by atoms with Crippen molar-refractivity contribution in [2.24, 2.45) is 16.3 Å². The summed E-state index contributed by atoms with van der Waals surface area (Å²) < 4.78 is 0. The van der Waals surface area contributed by atoms with Gasteiger partial charge in [0.15, 0.2) is 5.84 Å². The molecule has 0 saturated carbocycles. The summed E-state index contributed by atoms with van der Waals surface area (Å²) in [5.41, 5.74) is 3.79. The number of carbonyl (C=O) groups excluding carboxylic acids is 2. The van der Waals surface area contributed by atoms with E-state index in [2.05, 4.69) is 5.16 Å². The number of likely N-dealkylation sites (N-methyl/N-ethyl adjacent to an activating group) is 1. The number of rotatable bonds is 4. The molecule has 0 atom stereocenters. The van der Waals surface area contributed by atoms with Crippen molar-refractivity contribution in [2.45, 2.75) is 46.1 Å². The average Bonchev–Trinajstić information content (AvgIpc) is 2.46. The van der Waals surface area contributed by atoms with Crippen LogP contribution in [0.25, 0.3) is 0 Å². The molecule has 7 heteroatoms. The minimum absolute atomic E-state index is 0.0975. The Morgan fingerprint density at radius 3 is 2.33 bits per heavy atom. The maximum atomic E-state index is 13.0. The van der Waals surface area contributed by atoms with Crippen molar-refractivity contribution in [3.05, 3.63) is 0 Å². The van der Waals surface area contributed by atoms with Crippen LogP contribution >= 0.6 is 0 Å². The Morgan fingerprint density at radius 2 is 1.90 bits per heavy atom. The van der Waals surface area contributed by atoms with E-state index < -0.39 is 11.0 Å². The summed E-state index contributed by atoms with van der Waals surface area (Å²) in [4.78, 5) is 28.5. The smallest absolute Gasteiger partial charge is 0.247 e. The lowest BCUT2D eigenvalue weighted by atomic mass is 9.78. The Balaban J connectivity index is 3.25. The first kappa shape index (κ1) is 17.3. The molecule has 0 aromatic rings. The fraction of sp³-hybridized carbons (Fsp3) is 0.786. The van der Waals surface area contributed by atoms with Gasteiger partial charge < -0.3 is 20.7 Å². The summed E-state index contributed by atoms with van der Waals surface area (Å²) >= 11 is 0. The van der Waals surface area contributed by atoms with E-state index in [1.54, 1.807) is 30.7 Å². The maximum Gasteiger partial charge on any atom is 0.247 e. The van der Waals surface area contributed by atoms with Gasteiger partial charge in [0.25, 0.3) is 0 Å². The largest absolute Gasteiger partial charge is 0.409 e. The summed E-state index contributed by atoms with van der Waals surface area (Å²) in [6.07, 6.45) is 0.823. The summed E-state index contributed by atoms with van der Waals surface area (Å²) in [7, 11) is 1.72. The zero-order chi connectivity index (χ0) is 16.4. The van der Waals surface area contributed by atoms with Crippen molar-refractivity contribution < 1.29 is 14.8 Å². The highest BCUT2D eigenvalue weighted by atomic mass is 16.4. The van der Waals surface area contributed by atoms with E-state index in [0.717, 1.165) is 0 Å². The van der Waals surface area contributed by atoms with Gasteiger partial charge in [0.05, 0.1) is 0 Å². The molecule has 0 aromatic carbocycles. The highest BCUT2D eigenvalue weighted by Gasteiger charge is 2.50. The quantitative estimate of drug-likeness (QED) is 0.344. The third kappa shape index (κ3) is 2.56. The lowest BCUT2D eigenvalue weighted by Crippen LogP contribution is -2.67. The average molecular weight is 298 g/mol. The normalized spacial score (nSPS) is 19.9. The molecule has 7 nitrogen and oxygen atoms in total. The second-order valence-electron chi connectivity index (χ2n) is 6.02. The lowest BCUT2D eigenvalue weighted by molar-refractivity contribution is -0.161. The summed E-state index contributed by atoms with van der Waals surface area (Å²) in [6, 6.07) is 0. The van der Waals surface area contributed by atoms with Gasteiger partial charge in [-0.05, 0) is 26.7 Å². The van der Waals surface area contributed by atoms with Gasteiger partial charge in [0.2, 0.25) is 11.8 Å². The molecule has 3 N–H and O–H groups in total. The second-order valence-corrected chi connectivity index (χ2v) is 6.02. The standard InChI is InChI=1S/C14H26N4O3/c1-6-14(7-2,10(15)16-21)12(20)18-9-8-17(5)11(19)13(18,3)4/h21H,6-9H2,1-5H3,(H2,15,16). The zero-order valence-electron chi connectivity index (χ0n) is 13.5. The Hall–Kier alpha value is -1.79. The first-order chi connectivity index (χ1) is 9.68. The highest BCUT2D eigenvalue weighted by molar-refractivity contribution is 6.08. The van der Waals surface area contributed by atoms with E-state index in [-0.39, 0.29) is 17.6 Å². The highest BCUT2D eigenvalue weighted by Crippen LogP contribution is 2.34. The number of hydrogen-bond acceptors (Lipinski definition) is 4. The van der Waals surface area contributed by atoms with Crippen LogP contribution in [0.5, 0.6) is 0 Å². The molecule has 21 heavy (non-hydrogen) atoms. The number of piperazine rings is 1. The predicted octanol–water partition coefficient (Wildman–Crippen LogP) is 0.618. The van der Waals surface area contributed by atoms with Gasteiger partial charge in [-0.1, -0.05) is 19.0 Å². The molecule has 1 aliphatic rings. The topological polar surface area (TPSA) is 99.2 Å². The van der Waals surface area contributed by atoms with Gasteiger partial charge in [-0.2, -0.15) is 0 Å². The molecule has 1 saturated heterocycles. The van der Waals surface area contributed by atoms with Crippen molar-refractivity contribution in [3.63, 3.8) is 0 Å². The number of amides is 2. The molecular weight excluding hydrogens is 272 g/mol. The number of oxime groups is 1. The molecular formula is C14H26N4O3. The molecule has 2 amide bonds. The zero-order valence-corrected chi connectivity index (χ0v) is 13.5. The van der Waals surface area contributed by atoms with E-state index in [0.29, 0.717) is 25.9 Å². The van der Waals surface area contributed by atoms with Gasteiger partial charge in [0, 0.05) is 20.1 Å². The second kappa shape index (κ2) is 5.91. The van der Waals surface area contributed by atoms with Crippen molar-refractivity contribution in [2.75, 3.05) is 20.1 Å². The van der Waals surface area contributed by atoms with Crippen LogP contribution in [0.3, 0.4) is 0 Å². The van der Waals surface area contributed by atoms with E-state index >= 15 is 0 Å². The molecule has 0 spiro atoms. The van der Waals surface area contributed by atoms with Crippen LogP contribution < -0.4 is 5.73 Å². The number of nitrogens with two attached hydrogens (primary N) is 1. The molecule has 0 aromatic heterocycles. The molecule has 120 valence electrons. The Morgan fingerprint density at radius 1 is 1.38 bits per heavy atom. The number of nitrogens with zero attached hydrogens (tertiary/aromatic N) is 3. The fourth-order valence-electron chi connectivity index (χ4n) is 2.95. The van der Waals surface area contributed by atoms with Crippen LogP contribution in [0.4, 0.5) is 0 Å². The third-order valence-electron chi connectivity index (χ3n) is 4.66. The van der Waals surface area contributed by atoms with Crippen LogP contribution in [0.1, 0.15) is 40.5 Å². The third-order valence-corrected chi connectivity index (χ3v) is 4.66. The van der Waals surface area contributed by atoms with Crippen LogP contribution in [-0.2, 0) is 9.59 Å². The molecule has 0 radical (unpaired) electrons. The van der Waals surface area contributed by atoms with Crippen LogP contribution in [0, 0.1) is 5.41 Å². The SMILES string of the molecule is CCC(CC)(C(=O)N1CCN(C)C(=O)C1(C)C)C(N)=NO. The summed E-state index contributed by atoms with van der Waals surface area (Å²) in [6.45, 7) is 8.02. The van der Waals surface area contributed by atoms with Gasteiger partial charge in [-0.15, -0.1) is 0 Å². The van der Waals surface area contributed by atoms with Crippen molar-refractivity contribution in [1.82, 2.24) is 9.80 Å². The predicted molar refractivity (Wildman–Crippen MR) is 79.9 cm³/mol. The first-order valence-electron chi connectivity index (χ1n) is 7.24. The number of hydrogen-bond donors (Lipinski definition) is 2. The molecule has 1 heterocycles. The van der Waals surface area contributed by atoms with Gasteiger partial charge >= 0.3 is 0 Å². The van der Waals surface area contributed by atoms with E-state index in [9.17, 15) is 9.59 Å². The van der Waals surface area contributed by atoms with Crippen LogP contribution in [-0.4, -0.2) is 58.3 Å². The number of carbonyl (C=O) groups is 2. The molecule has 1 fully saturated rings. The molecule has 1 aliphatic heterocycles.